The molecule has 0 radical (unpaired) electrons. The third kappa shape index (κ3) is 4.71. The SMILES string of the molecule is COC(=O)C1(NC(=O)Cc2ccc(-c3cccc(-c4cc5ccncc5[nH]4)c3O)cc2)CCc2ccccc2C1. The number of aromatic hydroxyl groups is 1. The highest BCUT2D eigenvalue weighted by atomic mass is 16.5. The van der Waals surface area contributed by atoms with Gasteiger partial charge in [0.15, 0.2) is 0 Å². The van der Waals surface area contributed by atoms with Crippen molar-refractivity contribution in [3.63, 3.8) is 0 Å². The molecule has 1 unspecified atom stereocenters. The van der Waals surface area contributed by atoms with E-state index in [0.717, 1.165) is 33.3 Å². The average Bonchev–Trinajstić information content (AvgIpc) is 3.41. The number of ether oxygens (including phenoxy) is 1. The van der Waals surface area contributed by atoms with E-state index < -0.39 is 11.5 Å². The smallest absolute Gasteiger partial charge is 0.331 e. The van der Waals surface area contributed by atoms with Crippen molar-refractivity contribution in [2.45, 2.75) is 31.2 Å². The lowest BCUT2D eigenvalue weighted by Gasteiger charge is -2.36. The molecule has 3 N–H and O–H groups in total. The molecule has 7 heteroatoms. The van der Waals surface area contributed by atoms with Crippen LogP contribution in [0.15, 0.2) is 91.3 Å². The number of amides is 1. The highest BCUT2D eigenvalue weighted by molar-refractivity contribution is 5.90. The molecule has 200 valence electrons. The summed E-state index contributed by atoms with van der Waals surface area (Å²) in [6, 6.07) is 25.1. The molecule has 5 aromatic rings. The number of carbonyl (C=O) groups excluding carboxylic acids is 2. The maximum absolute atomic E-state index is 13.1. The minimum absolute atomic E-state index is 0.121. The van der Waals surface area contributed by atoms with Crippen molar-refractivity contribution in [1.29, 1.82) is 0 Å². The van der Waals surface area contributed by atoms with Crippen LogP contribution in [-0.4, -0.2) is 39.6 Å². The molecular weight excluding hydrogens is 502 g/mol. The molecule has 2 aromatic heterocycles. The van der Waals surface area contributed by atoms with Gasteiger partial charge in [0.2, 0.25) is 5.91 Å². The first kappa shape index (κ1) is 25.4. The molecule has 0 aliphatic heterocycles. The summed E-state index contributed by atoms with van der Waals surface area (Å²) in [6.45, 7) is 0. The molecule has 0 saturated heterocycles. The standard InChI is InChI=1S/C33H29N3O4/c1-40-32(39)33(15-13-22-5-2-3-6-25(22)19-33)36-30(37)17-21-9-11-23(12-10-21)26-7-4-8-27(31(26)38)28-18-24-14-16-34-20-29(24)35-28/h2-12,14,16,18,20,35,38H,13,15,17,19H2,1H3,(H,36,37). The minimum atomic E-state index is -1.08. The van der Waals surface area contributed by atoms with E-state index in [-0.39, 0.29) is 18.1 Å². The third-order valence-electron chi connectivity index (χ3n) is 7.77. The number of esters is 1. The number of hydrogen-bond acceptors (Lipinski definition) is 5. The van der Waals surface area contributed by atoms with Crippen molar-refractivity contribution in [1.82, 2.24) is 15.3 Å². The fourth-order valence-corrected chi connectivity index (χ4v) is 5.67. The Balaban J connectivity index is 1.19. The number of benzene rings is 3. The van der Waals surface area contributed by atoms with Crippen molar-refractivity contribution < 1.29 is 19.4 Å². The van der Waals surface area contributed by atoms with E-state index >= 15 is 0 Å². The lowest BCUT2D eigenvalue weighted by Crippen LogP contribution is -2.58. The number of methoxy groups -OCH3 is 1. The van der Waals surface area contributed by atoms with Crippen LogP contribution in [0.25, 0.3) is 33.3 Å². The average molecular weight is 532 g/mol. The molecule has 7 nitrogen and oxygen atoms in total. The van der Waals surface area contributed by atoms with Crippen molar-refractivity contribution in [3.8, 4) is 28.1 Å². The van der Waals surface area contributed by atoms with Gasteiger partial charge in [0, 0.05) is 29.1 Å². The van der Waals surface area contributed by atoms with Crippen LogP contribution >= 0.6 is 0 Å². The monoisotopic (exact) mass is 531 g/mol. The summed E-state index contributed by atoms with van der Waals surface area (Å²) in [6.07, 6.45) is 5.21. The minimum Gasteiger partial charge on any atom is -0.507 e. The zero-order chi connectivity index (χ0) is 27.7. The Morgan fingerprint density at radius 2 is 1.77 bits per heavy atom. The van der Waals surface area contributed by atoms with E-state index in [1.807, 2.05) is 72.8 Å². The van der Waals surface area contributed by atoms with Crippen LogP contribution in [0.3, 0.4) is 0 Å². The van der Waals surface area contributed by atoms with Crippen LogP contribution in [0.5, 0.6) is 5.75 Å². The van der Waals surface area contributed by atoms with E-state index in [2.05, 4.69) is 21.4 Å². The number of aromatic nitrogens is 2. The lowest BCUT2D eigenvalue weighted by molar-refractivity contribution is -0.151. The van der Waals surface area contributed by atoms with Gasteiger partial charge in [-0.25, -0.2) is 4.79 Å². The Hall–Kier alpha value is -4.91. The number of aryl methyl sites for hydroxylation is 1. The Labute approximate surface area is 231 Å². The predicted molar refractivity (Wildman–Crippen MR) is 154 cm³/mol. The first-order valence-corrected chi connectivity index (χ1v) is 13.3. The van der Waals surface area contributed by atoms with E-state index in [1.54, 1.807) is 12.4 Å². The first-order valence-electron chi connectivity index (χ1n) is 13.3. The number of phenolic OH excluding ortho intramolecular Hbond substituents is 1. The zero-order valence-electron chi connectivity index (χ0n) is 22.1. The number of fused-ring (bicyclic) bond motifs is 2. The number of nitrogens with one attached hydrogen (secondary N) is 2. The second-order valence-electron chi connectivity index (χ2n) is 10.3. The van der Waals surface area contributed by atoms with Gasteiger partial charge in [0.25, 0.3) is 0 Å². The summed E-state index contributed by atoms with van der Waals surface area (Å²) in [5, 5.41) is 15.2. The predicted octanol–water partition coefficient (Wildman–Crippen LogP) is 5.36. The first-order chi connectivity index (χ1) is 19.5. The fraction of sp³-hybridized carbons (Fsp3) is 0.182. The van der Waals surface area contributed by atoms with Gasteiger partial charge in [-0.2, -0.15) is 0 Å². The molecular formula is C33H29N3O4. The molecule has 0 spiro atoms. The van der Waals surface area contributed by atoms with Gasteiger partial charge in [-0.05, 0) is 53.3 Å². The number of para-hydroxylation sites is 1. The van der Waals surface area contributed by atoms with Crippen LogP contribution in [0, 0.1) is 0 Å². The fourth-order valence-electron chi connectivity index (χ4n) is 5.67. The summed E-state index contributed by atoms with van der Waals surface area (Å²) in [4.78, 5) is 33.4. The van der Waals surface area contributed by atoms with Gasteiger partial charge < -0.3 is 20.1 Å². The summed E-state index contributed by atoms with van der Waals surface area (Å²) < 4.78 is 5.11. The highest BCUT2D eigenvalue weighted by Crippen LogP contribution is 2.38. The van der Waals surface area contributed by atoms with Crippen LogP contribution in [0.1, 0.15) is 23.1 Å². The summed E-state index contributed by atoms with van der Waals surface area (Å²) in [5.41, 5.74) is 5.89. The van der Waals surface area contributed by atoms with Gasteiger partial charge >= 0.3 is 5.97 Å². The molecule has 1 atom stereocenters. The number of hydrogen-bond donors (Lipinski definition) is 3. The van der Waals surface area contributed by atoms with Crippen LogP contribution in [0.4, 0.5) is 0 Å². The Kier molecular flexibility index (Phi) is 6.56. The Morgan fingerprint density at radius 3 is 2.55 bits per heavy atom. The number of aromatic amines is 1. The molecule has 6 rings (SSSR count). The summed E-state index contributed by atoms with van der Waals surface area (Å²) in [7, 11) is 1.36. The van der Waals surface area contributed by atoms with Crippen LogP contribution in [0.2, 0.25) is 0 Å². The van der Waals surface area contributed by atoms with Crippen LogP contribution < -0.4 is 5.32 Å². The topological polar surface area (TPSA) is 104 Å². The van der Waals surface area contributed by atoms with Crippen molar-refractivity contribution in [3.05, 3.63) is 108 Å². The quantitative estimate of drug-likeness (QED) is 0.256. The van der Waals surface area contributed by atoms with Gasteiger partial charge in [-0.3, -0.25) is 9.78 Å². The van der Waals surface area contributed by atoms with Gasteiger partial charge in [0.1, 0.15) is 11.3 Å². The van der Waals surface area contributed by atoms with E-state index in [4.69, 9.17) is 4.74 Å². The largest absolute Gasteiger partial charge is 0.507 e. The number of nitrogens with zero attached hydrogens (tertiary/aromatic N) is 1. The molecule has 1 amide bonds. The number of rotatable bonds is 6. The van der Waals surface area contributed by atoms with Crippen molar-refractivity contribution in [2.75, 3.05) is 7.11 Å². The summed E-state index contributed by atoms with van der Waals surface area (Å²) in [5.74, 6) is -0.493. The molecule has 2 heterocycles. The van der Waals surface area contributed by atoms with Gasteiger partial charge in [0.05, 0.1) is 30.9 Å². The molecule has 0 saturated carbocycles. The highest BCUT2D eigenvalue weighted by Gasteiger charge is 2.43. The number of H-pyrrole nitrogens is 1. The Morgan fingerprint density at radius 1 is 1.00 bits per heavy atom. The van der Waals surface area contributed by atoms with Gasteiger partial charge in [-0.15, -0.1) is 0 Å². The molecule has 1 aliphatic carbocycles. The van der Waals surface area contributed by atoms with Crippen molar-refractivity contribution in [2.24, 2.45) is 0 Å². The van der Waals surface area contributed by atoms with Gasteiger partial charge in [-0.1, -0.05) is 60.7 Å². The molecule has 0 bridgehead atoms. The second-order valence-corrected chi connectivity index (χ2v) is 10.3. The van der Waals surface area contributed by atoms with E-state index in [1.165, 1.54) is 12.7 Å². The molecule has 40 heavy (non-hydrogen) atoms. The van der Waals surface area contributed by atoms with E-state index in [0.29, 0.717) is 30.4 Å². The summed E-state index contributed by atoms with van der Waals surface area (Å²) >= 11 is 0. The zero-order valence-corrected chi connectivity index (χ0v) is 22.1. The normalized spacial score (nSPS) is 16.3. The molecule has 3 aromatic carbocycles. The third-order valence-corrected chi connectivity index (χ3v) is 7.77. The van der Waals surface area contributed by atoms with Crippen molar-refractivity contribution >= 4 is 22.8 Å². The van der Waals surface area contributed by atoms with Crippen LogP contribution in [-0.2, 0) is 33.6 Å². The number of phenols is 1. The Bertz CT molecular complexity index is 1690. The number of pyridine rings is 1. The molecule has 0 fully saturated rings. The molecule has 1 aliphatic rings. The maximum Gasteiger partial charge on any atom is 0.331 e. The van der Waals surface area contributed by atoms with E-state index in [9.17, 15) is 14.7 Å². The second kappa shape index (κ2) is 10.3. The number of carbonyl (C=O) groups is 2. The lowest BCUT2D eigenvalue weighted by atomic mass is 9.77. The maximum atomic E-state index is 13.1.